The fourth-order valence-corrected chi connectivity index (χ4v) is 4.23. The zero-order valence-electron chi connectivity index (χ0n) is 26.2. The summed E-state index contributed by atoms with van der Waals surface area (Å²) in [4.78, 5) is 61.2. The molecule has 0 aliphatic rings. The fourth-order valence-electron chi connectivity index (χ4n) is 2.91. The molecule has 23 heteroatoms. The largest absolute Gasteiger partial charge is 0.513 e. The van der Waals surface area contributed by atoms with Crippen molar-refractivity contribution < 1.29 is 52.7 Å². The van der Waals surface area contributed by atoms with Gasteiger partial charge in [0, 0.05) is 66.5 Å². The topological polar surface area (TPSA) is 201 Å². The van der Waals surface area contributed by atoms with E-state index < -0.39 is 32.8 Å². The fraction of sp³-hybridized carbons (Fsp3) is 0.125. The molecule has 55 heavy (non-hydrogen) atoms. The van der Waals surface area contributed by atoms with Gasteiger partial charge in [0.1, 0.15) is 11.5 Å². The van der Waals surface area contributed by atoms with Gasteiger partial charge < -0.3 is 23.7 Å². The molecule has 0 aliphatic heterocycles. The molecule has 0 bridgehead atoms. The van der Waals surface area contributed by atoms with E-state index in [1.807, 2.05) is 0 Å². The van der Waals surface area contributed by atoms with Gasteiger partial charge in [0.05, 0.1) is 47.1 Å². The number of hydrogen-bond acceptors (Lipinski definition) is 13. The quantitative estimate of drug-likeness (QED) is 0.0336. The average Bonchev–Trinajstić information content (AvgIpc) is 3.07. The number of nitrogens with zero attached hydrogens (tertiary/aromatic N) is 2. The molecule has 0 atom stereocenters. The Morgan fingerprint density at radius 3 is 1.16 bits per heavy atom. The van der Waals surface area contributed by atoms with Gasteiger partial charge in [-0.3, -0.25) is 25.0 Å². The highest BCUT2D eigenvalue weighted by atomic mass is 35.5. The maximum atomic E-state index is 10.6. The van der Waals surface area contributed by atoms with Gasteiger partial charge in [0.15, 0.2) is 11.5 Å². The second-order valence-corrected chi connectivity index (χ2v) is 11.8. The zero-order valence-corrected chi connectivity index (χ0v) is 32.2. The lowest BCUT2D eigenvalue weighted by Gasteiger charge is -2.04. The number of esters is 1. The van der Waals surface area contributed by atoms with Gasteiger partial charge in [0.2, 0.25) is 0 Å². The number of benzene rings is 4. The van der Waals surface area contributed by atoms with Crippen molar-refractivity contribution in [3.8, 4) is 23.0 Å². The molecule has 4 aromatic carbocycles. The Balaban J connectivity index is 0. The van der Waals surface area contributed by atoms with Crippen molar-refractivity contribution in [1.82, 2.24) is 0 Å². The maximum Gasteiger partial charge on any atom is 0.513 e. The van der Waals surface area contributed by atoms with Crippen LogP contribution in [-0.2, 0) is 9.53 Å². The molecule has 0 radical (unpaired) electrons. The number of rotatable bonds is 6. The first kappa shape index (κ1) is 52.8. The van der Waals surface area contributed by atoms with Crippen LogP contribution in [0.1, 0.15) is 21.8 Å². The predicted octanol–water partition coefficient (Wildman–Crippen LogP) is 13.3. The molecule has 0 fully saturated rings. The van der Waals surface area contributed by atoms with E-state index in [1.54, 1.807) is 0 Å². The number of ether oxygens (including phenoxy) is 5. The molecule has 0 heterocycles. The second-order valence-electron chi connectivity index (χ2n) is 8.72. The maximum absolute atomic E-state index is 10.6. The summed E-state index contributed by atoms with van der Waals surface area (Å²) in [5, 5.41) is 22.0. The van der Waals surface area contributed by atoms with Crippen LogP contribution in [0.5, 0.6) is 23.0 Å². The molecule has 0 aromatic heterocycles. The number of nitro benzene ring substituents is 2. The van der Waals surface area contributed by atoms with Gasteiger partial charge in [-0.25, -0.2) is 14.4 Å². The minimum absolute atomic E-state index is 0. The molecule has 4 aromatic rings. The van der Waals surface area contributed by atoms with Crippen LogP contribution in [0.15, 0.2) is 72.8 Å². The van der Waals surface area contributed by atoms with Crippen LogP contribution < -0.4 is 18.9 Å². The number of halogens is 8. The number of hydrogen-bond donors (Lipinski definition) is 0. The van der Waals surface area contributed by atoms with E-state index >= 15 is 0 Å². The third-order valence-electron chi connectivity index (χ3n) is 5.05. The summed E-state index contributed by atoms with van der Waals surface area (Å²) >= 11 is 43.9. The van der Waals surface area contributed by atoms with Crippen LogP contribution in [0.25, 0.3) is 0 Å². The van der Waals surface area contributed by atoms with Gasteiger partial charge in [-0.15, -0.1) is 0 Å². The summed E-state index contributed by atoms with van der Waals surface area (Å²) in [5.74, 6) is 0.202. The summed E-state index contributed by atoms with van der Waals surface area (Å²) in [6, 6.07) is 15.6. The van der Waals surface area contributed by atoms with E-state index in [4.69, 9.17) is 97.5 Å². The van der Waals surface area contributed by atoms with Crippen LogP contribution in [0.4, 0.5) is 25.8 Å². The molecule has 0 unspecified atom stereocenters. The number of carbonyl (C=O) groups is 4. The van der Waals surface area contributed by atoms with E-state index in [9.17, 15) is 39.4 Å². The van der Waals surface area contributed by atoms with Gasteiger partial charge in [-0.2, -0.15) is 0 Å². The minimum atomic E-state index is -0.986. The third-order valence-corrected chi connectivity index (χ3v) is 7.24. The molecule has 0 aliphatic carbocycles. The van der Waals surface area contributed by atoms with Crippen molar-refractivity contribution in [3.05, 3.63) is 123 Å². The zero-order chi connectivity index (χ0) is 40.4. The van der Waals surface area contributed by atoms with Crippen molar-refractivity contribution >= 4 is 127 Å². The molecule has 0 amide bonds. The molecule has 298 valence electrons. The van der Waals surface area contributed by atoms with Gasteiger partial charge in [0.25, 0.3) is 11.4 Å². The summed E-state index contributed by atoms with van der Waals surface area (Å²) in [5.41, 5.74) is -2.11. The summed E-state index contributed by atoms with van der Waals surface area (Å²) < 4.78 is 22.6. The Hall–Kier alpha value is -4.32. The SMILES string of the molecule is C.C.CC(=O)Oc1cc(Cl)c(Cl)cc1Cl.COC(=O)Oc1ccc([N+](=O)[O-])cc1.O=C(Cl)Oc1cc(Cl)c(Cl)cc1Cl.O=C(Cl)Oc1ccc([N+](=O)[O-])cc1. The molecule has 4 rings (SSSR count). The first-order chi connectivity index (χ1) is 24.7. The lowest BCUT2D eigenvalue weighted by atomic mass is 10.3. The van der Waals surface area contributed by atoms with Crippen molar-refractivity contribution in [1.29, 1.82) is 0 Å². The van der Waals surface area contributed by atoms with Gasteiger partial charge in [-0.1, -0.05) is 84.5 Å². The first-order valence-corrected chi connectivity index (χ1v) is 16.2. The van der Waals surface area contributed by atoms with Crippen molar-refractivity contribution in [2.45, 2.75) is 21.8 Å². The average molecular weight is 930 g/mol. The number of carbonyl (C=O) groups excluding carboxylic acids is 4. The minimum Gasteiger partial charge on any atom is -0.437 e. The lowest BCUT2D eigenvalue weighted by molar-refractivity contribution is -0.385. The normalized spacial score (nSPS) is 9.20. The van der Waals surface area contributed by atoms with Gasteiger partial charge >= 0.3 is 23.0 Å². The van der Waals surface area contributed by atoms with Crippen molar-refractivity contribution in [3.63, 3.8) is 0 Å². The number of methoxy groups -OCH3 is 1. The van der Waals surface area contributed by atoms with Crippen molar-refractivity contribution in [2.24, 2.45) is 0 Å². The molecule has 15 nitrogen and oxygen atoms in total. The van der Waals surface area contributed by atoms with Crippen LogP contribution in [-0.4, -0.2) is 39.9 Å². The van der Waals surface area contributed by atoms with E-state index in [-0.39, 0.29) is 69.3 Å². The van der Waals surface area contributed by atoms with E-state index in [0.717, 1.165) is 0 Å². The Bertz CT molecular complexity index is 1880. The Morgan fingerprint density at radius 2 is 0.855 bits per heavy atom. The molecule has 0 saturated heterocycles. The first-order valence-electron chi connectivity index (χ1n) is 13.2. The van der Waals surface area contributed by atoms with E-state index in [2.05, 4.69) is 18.9 Å². The summed E-state index contributed by atoms with van der Waals surface area (Å²) in [6.07, 6.45) is -0.862. The predicted molar refractivity (Wildman–Crippen MR) is 211 cm³/mol. The third kappa shape index (κ3) is 20.8. The Kier molecular flexibility index (Phi) is 25.4. The highest BCUT2D eigenvalue weighted by Gasteiger charge is 2.11. The highest BCUT2D eigenvalue weighted by molar-refractivity contribution is 6.61. The lowest BCUT2D eigenvalue weighted by Crippen LogP contribution is -2.06. The molecular formula is C32H26Cl8N2O13. The Labute approximate surface area is 352 Å². The Morgan fingerprint density at radius 1 is 0.527 bits per heavy atom. The second kappa shape index (κ2) is 26.5. The standard InChI is InChI=1S/C8H5Cl3O2.C8H7NO5.C7H2Cl4O2.C7H4ClNO4.2CH4/c1-4(12)13-8-3-6(10)5(9)2-7(8)11;1-13-8(10)14-7-4-2-6(3-5-7)9(11)12;8-3-1-5(10)6(2-4(3)9)13-7(11)12;8-7(10)13-6-3-1-5(2-4-6)9(11)12;;/h2-3H,1H3;2-5H,1H3;1-2H;1-4H;2*1H4. The van der Waals surface area contributed by atoms with Crippen molar-refractivity contribution in [2.75, 3.05) is 7.11 Å². The monoisotopic (exact) mass is 926 g/mol. The van der Waals surface area contributed by atoms with Crippen LogP contribution in [0.3, 0.4) is 0 Å². The number of nitro groups is 2. The molecule has 0 saturated carbocycles. The van der Waals surface area contributed by atoms with Crippen LogP contribution >= 0.6 is 92.8 Å². The molecule has 0 N–H and O–H groups in total. The van der Waals surface area contributed by atoms with Gasteiger partial charge in [-0.05, 0) is 36.4 Å². The molecular weight excluding hydrogens is 904 g/mol. The highest BCUT2D eigenvalue weighted by Crippen LogP contribution is 2.35. The number of non-ortho nitro benzene ring substituents is 2. The van der Waals surface area contributed by atoms with Crippen LogP contribution in [0, 0.1) is 20.2 Å². The molecule has 0 spiro atoms. The van der Waals surface area contributed by atoms with E-state index in [1.165, 1.54) is 86.8 Å². The van der Waals surface area contributed by atoms with Crippen LogP contribution in [0.2, 0.25) is 30.1 Å². The summed E-state index contributed by atoms with van der Waals surface area (Å²) in [7, 11) is 1.17. The van der Waals surface area contributed by atoms with E-state index in [0.29, 0.717) is 10.0 Å². The smallest absolute Gasteiger partial charge is 0.437 e. The summed E-state index contributed by atoms with van der Waals surface area (Å²) in [6.45, 7) is 1.28.